The molecule has 0 saturated heterocycles. The predicted octanol–water partition coefficient (Wildman–Crippen LogP) is 1.31. The number of pyridine rings is 1. The van der Waals surface area contributed by atoms with Gasteiger partial charge < -0.3 is 9.84 Å². The summed E-state index contributed by atoms with van der Waals surface area (Å²) < 4.78 is 4.82. The third-order valence-electron chi connectivity index (χ3n) is 2.88. The quantitative estimate of drug-likeness (QED) is 0.340. The summed E-state index contributed by atoms with van der Waals surface area (Å²) in [6.45, 7) is 0. The first-order valence-electron chi connectivity index (χ1n) is 6.90. The van der Waals surface area contributed by atoms with Crippen molar-refractivity contribution in [2.75, 3.05) is 12.9 Å². The molecule has 1 heterocycles. The Bertz CT molecular complexity index is 798. The number of aromatic nitrogens is 1. The second kappa shape index (κ2) is 8.64. The Morgan fingerprint density at radius 3 is 2.92 bits per heavy atom. The first-order chi connectivity index (χ1) is 12.0. The highest BCUT2D eigenvalue weighted by molar-refractivity contribution is 7.99. The van der Waals surface area contributed by atoms with Gasteiger partial charge in [-0.15, -0.1) is 0 Å². The monoisotopic (exact) mass is 361 g/mol. The fourth-order valence-electron chi connectivity index (χ4n) is 1.74. The zero-order valence-electron chi connectivity index (χ0n) is 13.0. The van der Waals surface area contributed by atoms with E-state index in [1.165, 1.54) is 18.9 Å². The number of non-ortho nitro benzene ring substituents is 1. The Hall–Kier alpha value is -3.14. The van der Waals surface area contributed by atoms with Crippen LogP contribution < -0.4 is 15.3 Å². The van der Waals surface area contributed by atoms with E-state index in [2.05, 4.69) is 15.5 Å². The van der Waals surface area contributed by atoms with E-state index in [9.17, 15) is 20.0 Å². The summed E-state index contributed by atoms with van der Waals surface area (Å²) >= 11 is 1.22. The largest absolute Gasteiger partial charge is 0.870 e. The van der Waals surface area contributed by atoms with Gasteiger partial charge in [0.1, 0.15) is 5.75 Å². The standard InChI is InChI=1S/C15H14N4O5S/c1-24-12-7-11(19(22)23)6-10(15(12)21)8-17-18-13(20)9-25-14-4-2-3-5-16-14/h2-8,21H,9H2,1H3,(H,18,20)/p-1/b17-8-. The molecule has 0 radical (unpaired) electrons. The van der Waals surface area contributed by atoms with Gasteiger partial charge in [-0.2, -0.15) is 5.10 Å². The Labute approximate surface area is 146 Å². The number of benzene rings is 1. The van der Waals surface area contributed by atoms with Gasteiger partial charge in [0.15, 0.2) is 0 Å². The predicted molar refractivity (Wildman–Crippen MR) is 89.8 cm³/mol. The van der Waals surface area contributed by atoms with E-state index in [4.69, 9.17) is 4.74 Å². The molecule has 2 rings (SSSR count). The molecule has 1 amide bonds. The van der Waals surface area contributed by atoms with Crippen molar-refractivity contribution in [3.8, 4) is 11.5 Å². The summed E-state index contributed by atoms with van der Waals surface area (Å²) in [6.07, 6.45) is 2.66. The molecule has 0 bridgehead atoms. The van der Waals surface area contributed by atoms with Crippen LogP contribution in [0.3, 0.4) is 0 Å². The van der Waals surface area contributed by atoms with Gasteiger partial charge in [-0.25, -0.2) is 10.4 Å². The number of hydrogen-bond acceptors (Lipinski definition) is 8. The van der Waals surface area contributed by atoms with Crippen LogP contribution in [0.1, 0.15) is 5.56 Å². The number of nitrogens with zero attached hydrogens (tertiary/aromatic N) is 3. The van der Waals surface area contributed by atoms with Gasteiger partial charge in [-0.1, -0.05) is 23.6 Å². The van der Waals surface area contributed by atoms with Crippen molar-refractivity contribution in [1.82, 2.24) is 10.4 Å². The van der Waals surface area contributed by atoms with Crippen molar-refractivity contribution >= 4 is 29.6 Å². The lowest BCUT2D eigenvalue weighted by atomic mass is 10.2. The Morgan fingerprint density at radius 2 is 2.28 bits per heavy atom. The molecule has 0 aliphatic carbocycles. The molecule has 1 aromatic carbocycles. The summed E-state index contributed by atoms with van der Waals surface area (Å²) in [5.74, 6) is -1.06. The molecule has 0 saturated carbocycles. The van der Waals surface area contributed by atoms with Crippen LogP contribution in [0.25, 0.3) is 0 Å². The molecule has 0 fully saturated rings. The van der Waals surface area contributed by atoms with Gasteiger partial charge in [-0.05, 0) is 17.7 Å². The molecular weight excluding hydrogens is 348 g/mol. The number of rotatable bonds is 7. The number of amides is 1. The normalized spacial score (nSPS) is 10.6. The number of thioether (sulfide) groups is 1. The Kier molecular flexibility index (Phi) is 6.29. The van der Waals surface area contributed by atoms with Crippen LogP contribution in [0.2, 0.25) is 0 Å². The summed E-state index contributed by atoms with van der Waals surface area (Å²) in [5.41, 5.74) is 1.87. The van der Waals surface area contributed by atoms with Crippen molar-refractivity contribution in [3.05, 3.63) is 52.2 Å². The molecule has 0 unspecified atom stereocenters. The number of hydrazone groups is 1. The van der Waals surface area contributed by atoms with E-state index >= 15 is 0 Å². The van der Waals surface area contributed by atoms with Crippen LogP contribution in [0.4, 0.5) is 5.69 Å². The lowest BCUT2D eigenvalue weighted by Crippen LogP contribution is -2.19. The van der Waals surface area contributed by atoms with Crippen molar-refractivity contribution in [1.29, 1.82) is 0 Å². The fourth-order valence-corrected chi connectivity index (χ4v) is 2.39. The topological polar surface area (TPSA) is 130 Å². The number of nitro benzene ring substituents is 1. The Balaban J connectivity index is 2.00. The highest BCUT2D eigenvalue weighted by Crippen LogP contribution is 2.31. The van der Waals surface area contributed by atoms with Crippen LogP contribution in [-0.4, -0.2) is 34.9 Å². The maximum atomic E-state index is 12.0. The molecule has 25 heavy (non-hydrogen) atoms. The molecule has 0 aliphatic rings. The van der Waals surface area contributed by atoms with Crippen molar-refractivity contribution in [3.63, 3.8) is 0 Å². The average Bonchev–Trinajstić information content (AvgIpc) is 2.62. The second-order valence-electron chi connectivity index (χ2n) is 4.57. The molecule has 10 heteroatoms. The maximum Gasteiger partial charge on any atom is 0.273 e. The first-order valence-corrected chi connectivity index (χ1v) is 7.89. The first kappa shape index (κ1) is 18.2. The van der Waals surface area contributed by atoms with Gasteiger partial charge in [0, 0.05) is 12.3 Å². The van der Waals surface area contributed by atoms with Gasteiger partial charge in [0.05, 0.1) is 35.1 Å². The summed E-state index contributed by atoms with van der Waals surface area (Å²) in [7, 11) is 1.23. The zero-order valence-corrected chi connectivity index (χ0v) is 13.9. The van der Waals surface area contributed by atoms with Gasteiger partial charge in [0.25, 0.3) is 5.69 Å². The molecule has 1 aromatic heterocycles. The van der Waals surface area contributed by atoms with Crippen LogP contribution >= 0.6 is 11.8 Å². The molecule has 1 N–H and O–H groups in total. The van der Waals surface area contributed by atoms with Gasteiger partial charge in [0.2, 0.25) is 5.91 Å². The minimum atomic E-state index is -0.651. The average molecular weight is 361 g/mol. The molecule has 0 aliphatic heterocycles. The van der Waals surface area contributed by atoms with Gasteiger partial charge >= 0.3 is 0 Å². The minimum Gasteiger partial charge on any atom is -0.870 e. The van der Waals surface area contributed by atoms with Crippen LogP contribution in [0.5, 0.6) is 11.5 Å². The molecular formula is C15H13N4O5S-. The number of nitro groups is 1. The lowest BCUT2D eigenvalue weighted by Gasteiger charge is -2.14. The van der Waals surface area contributed by atoms with Crippen LogP contribution in [0.15, 0.2) is 46.7 Å². The van der Waals surface area contributed by atoms with Crippen molar-refractivity contribution in [2.45, 2.75) is 5.03 Å². The fraction of sp³-hybridized carbons (Fsp3) is 0.133. The van der Waals surface area contributed by atoms with Crippen LogP contribution in [0, 0.1) is 10.1 Å². The summed E-state index contributed by atoms with van der Waals surface area (Å²) in [5, 5.41) is 27.2. The maximum absolute atomic E-state index is 12.0. The SMILES string of the molecule is COc1cc([N+](=O)[O-])cc(/C=N\NC(=O)CSc2ccccn2)c1[O-]. The smallest absolute Gasteiger partial charge is 0.273 e. The number of carbonyl (C=O) groups excluding carboxylic acids is 1. The lowest BCUT2D eigenvalue weighted by molar-refractivity contribution is -0.385. The minimum absolute atomic E-state index is 0.0660. The third-order valence-corrected chi connectivity index (χ3v) is 3.82. The number of carbonyl (C=O) groups is 1. The van der Waals surface area contributed by atoms with E-state index in [1.54, 1.807) is 24.4 Å². The molecule has 0 spiro atoms. The zero-order chi connectivity index (χ0) is 18.2. The molecule has 130 valence electrons. The molecule has 2 aromatic rings. The number of nitrogens with one attached hydrogen (secondary N) is 1. The second-order valence-corrected chi connectivity index (χ2v) is 5.57. The van der Waals surface area contributed by atoms with E-state index in [-0.39, 0.29) is 22.8 Å². The summed E-state index contributed by atoms with van der Waals surface area (Å²) in [6, 6.07) is 7.42. The number of hydrogen-bond donors (Lipinski definition) is 1. The van der Waals surface area contributed by atoms with Gasteiger partial charge in [-0.3, -0.25) is 14.9 Å². The van der Waals surface area contributed by atoms with E-state index in [0.29, 0.717) is 5.03 Å². The molecule has 9 nitrogen and oxygen atoms in total. The number of methoxy groups -OCH3 is 1. The van der Waals surface area contributed by atoms with E-state index < -0.39 is 16.6 Å². The van der Waals surface area contributed by atoms with Crippen molar-refractivity contribution in [2.24, 2.45) is 5.10 Å². The van der Waals surface area contributed by atoms with Crippen molar-refractivity contribution < 1.29 is 19.6 Å². The van der Waals surface area contributed by atoms with Crippen LogP contribution in [-0.2, 0) is 4.79 Å². The number of ether oxygens (including phenoxy) is 1. The van der Waals surface area contributed by atoms with E-state index in [0.717, 1.165) is 18.3 Å². The third kappa shape index (κ3) is 5.18. The van der Waals surface area contributed by atoms with E-state index in [1.807, 2.05) is 0 Å². The molecule has 0 atom stereocenters. The Morgan fingerprint density at radius 1 is 1.48 bits per heavy atom. The highest BCUT2D eigenvalue weighted by atomic mass is 32.2. The highest BCUT2D eigenvalue weighted by Gasteiger charge is 2.11. The summed E-state index contributed by atoms with van der Waals surface area (Å²) in [4.78, 5) is 26.0.